The van der Waals surface area contributed by atoms with Gasteiger partial charge in [0, 0.05) is 26.2 Å². The van der Waals surface area contributed by atoms with E-state index in [1.807, 2.05) is 12.1 Å². The molecule has 22 heavy (non-hydrogen) atoms. The van der Waals surface area contributed by atoms with Gasteiger partial charge >= 0.3 is 0 Å². The molecular weight excluding hydrogens is 306 g/mol. The van der Waals surface area contributed by atoms with E-state index in [-0.39, 0.29) is 10.6 Å². The molecule has 0 radical (unpaired) electrons. The summed E-state index contributed by atoms with van der Waals surface area (Å²) in [5, 5.41) is 6.33. The maximum absolute atomic E-state index is 11.5. The van der Waals surface area contributed by atoms with Gasteiger partial charge < -0.3 is 14.5 Å². The van der Waals surface area contributed by atoms with Gasteiger partial charge in [0.25, 0.3) is 5.56 Å². The van der Waals surface area contributed by atoms with Crippen LogP contribution in [-0.2, 0) is 0 Å². The average Bonchev–Trinajstić information content (AvgIpc) is 2.58. The number of halogens is 1. The minimum atomic E-state index is -0.363. The molecule has 0 aliphatic carbocycles. The first kappa shape index (κ1) is 14.6. The molecule has 1 saturated heterocycles. The summed E-state index contributed by atoms with van der Waals surface area (Å²) >= 11 is 6.05. The van der Waals surface area contributed by atoms with Gasteiger partial charge in [0.15, 0.2) is 0 Å². The number of H-pyrrole nitrogens is 1. The summed E-state index contributed by atoms with van der Waals surface area (Å²) in [6.07, 6.45) is 3.30. The SMILES string of the molecule is COc1ccc(N2CCN(c3cn[nH]c(=O)c3Cl)CC2)nc1. The summed E-state index contributed by atoms with van der Waals surface area (Å²) in [6, 6.07) is 3.84. The molecule has 0 atom stereocenters. The monoisotopic (exact) mass is 321 g/mol. The highest BCUT2D eigenvalue weighted by Gasteiger charge is 2.21. The first-order valence-corrected chi connectivity index (χ1v) is 7.30. The molecule has 116 valence electrons. The molecule has 2 aromatic rings. The maximum Gasteiger partial charge on any atom is 0.285 e. The zero-order valence-corrected chi connectivity index (χ0v) is 12.9. The third-order valence-corrected chi connectivity index (χ3v) is 4.04. The van der Waals surface area contributed by atoms with Crippen LogP contribution in [0.25, 0.3) is 0 Å². The molecule has 0 bridgehead atoms. The zero-order valence-electron chi connectivity index (χ0n) is 12.1. The molecule has 8 heteroatoms. The second kappa shape index (κ2) is 6.23. The number of rotatable bonds is 3. The fraction of sp³-hybridized carbons (Fsp3) is 0.357. The van der Waals surface area contributed by atoms with Gasteiger partial charge in [-0.1, -0.05) is 11.6 Å². The molecule has 0 aromatic carbocycles. The van der Waals surface area contributed by atoms with Crippen molar-refractivity contribution in [3.05, 3.63) is 39.9 Å². The zero-order chi connectivity index (χ0) is 15.5. The van der Waals surface area contributed by atoms with Gasteiger partial charge in [-0.15, -0.1) is 0 Å². The van der Waals surface area contributed by atoms with Crippen LogP contribution in [0.2, 0.25) is 5.02 Å². The molecular formula is C14H16ClN5O2. The van der Waals surface area contributed by atoms with Crippen molar-refractivity contribution in [1.29, 1.82) is 0 Å². The Labute approximate surface area is 132 Å². The fourth-order valence-electron chi connectivity index (χ4n) is 2.45. The van der Waals surface area contributed by atoms with Crippen molar-refractivity contribution in [2.75, 3.05) is 43.1 Å². The van der Waals surface area contributed by atoms with Crippen LogP contribution in [0, 0.1) is 0 Å². The van der Waals surface area contributed by atoms with E-state index in [2.05, 4.69) is 25.0 Å². The number of aromatic amines is 1. The number of aromatic nitrogens is 3. The highest BCUT2D eigenvalue weighted by Crippen LogP contribution is 2.23. The van der Waals surface area contributed by atoms with E-state index in [0.29, 0.717) is 5.69 Å². The molecule has 1 N–H and O–H groups in total. The third-order valence-electron chi connectivity index (χ3n) is 3.68. The summed E-state index contributed by atoms with van der Waals surface area (Å²) in [5.41, 5.74) is 0.311. The van der Waals surface area contributed by atoms with Crippen LogP contribution in [0.1, 0.15) is 0 Å². The van der Waals surface area contributed by atoms with Crippen LogP contribution in [0.3, 0.4) is 0 Å². The number of piperazine rings is 1. The van der Waals surface area contributed by atoms with Crippen molar-refractivity contribution in [3.63, 3.8) is 0 Å². The van der Waals surface area contributed by atoms with Gasteiger partial charge in [-0.25, -0.2) is 10.1 Å². The fourth-order valence-corrected chi connectivity index (χ4v) is 2.66. The van der Waals surface area contributed by atoms with E-state index in [1.165, 1.54) is 0 Å². The molecule has 7 nitrogen and oxygen atoms in total. The van der Waals surface area contributed by atoms with Crippen LogP contribution < -0.4 is 20.1 Å². The van der Waals surface area contributed by atoms with E-state index in [9.17, 15) is 4.79 Å². The van der Waals surface area contributed by atoms with Crippen LogP contribution >= 0.6 is 11.6 Å². The Balaban J connectivity index is 1.69. The summed E-state index contributed by atoms with van der Waals surface area (Å²) in [5.74, 6) is 1.65. The van der Waals surface area contributed by atoms with Gasteiger partial charge in [-0.3, -0.25) is 4.79 Å². The van der Waals surface area contributed by atoms with Crippen LogP contribution in [0.4, 0.5) is 11.5 Å². The molecule has 0 amide bonds. The quantitative estimate of drug-likeness (QED) is 0.914. The van der Waals surface area contributed by atoms with Crippen molar-refractivity contribution in [3.8, 4) is 5.75 Å². The maximum atomic E-state index is 11.5. The third kappa shape index (κ3) is 2.85. The van der Waals surface area contributed by atoms with Crippen LogP contribution in [0.15, 0.2) is 29.3 Å². The highest BCUT2D eigenvalue weighted by molar-refractivity contribution is 6.33. The summed E-state index contributed by atoms with van der Waals surface area (Å²) in [4.78, 5) is 20.2. The lowest BCUT2D eigenvalue weighted by Gasteiger charge is -2.36. The Bertz CT molecular complexity index is 695. The van der Waals surface area contributed by atoms with Crippen LogP contribution in [-0.4, -0.2) is 48.5 Å². The minimum Gasteiger partial charge on any atom is -0.495 e. The Hall–Kier alpha value is -2.28. The number of methoxy groups -OCH3 is 1. The number of hydrogen-bond donors (Lipinski definition) is 1. The molecule has 0 saturated carbocycles. The number of hydrogen-bond acceptors (Lipinski definition) is 6. The largest absolute Gasteiger partial charge is 0.495 e. The predicted octanol–water partition coefficient (Wildman–Crippen LogP) is 1.15. The molecule has 3 rings (SSSR count). The number of pyridine rings is 1. The van der Waals surface area contributed by atoms with Gasteiger partial charge in [0.2, 0.25) is 0 Å². The average molecular weight is 322 g/mol. The van der Waals surface area contributed by atoms with Gasteiger partial charge in [-0.05, 0) is 12.1 Å². The Morgan fingerprint density at radius 2 is 1.91 bits per heavy atom. The van der Waals surface area contributed by atoms with Crippen molar-refractivity contribution >= 4 is 23.1 Å². The second-order valence-electron chi connectivity index (χ2n) is 4.93. The smallest absolute Gasteiger partial charge is 0.285 e. The van der Waals surface area contributed by atoms with Crippen molar-refractivity contribution in [2.24, 2.45) is 0 Å². The van der Waals surface area contributed by atoms with Crippen molar-refractivity contribution in [1.82, 2.24) is 15.2 Å². The predicted molar refractivity (Wildman–Crippen MR) is 85.1 cm³/mol. The van der Waals surface area contributed by atoms with Crippen LogP contribution in [0.5, 0.6) is 5.75 Å². The van der Waals surface area contributed by atoms with Crippen molar-refractivity contribution < 1.29 is 4.74 Å². The molecule has 1 fully saturated rings. The number of nitrogens with one attached hydrogen (secondary N) is 1. The van der Waals surface area contributed by atoms with Gasteiger partial charge in [0.1, 0.15) is 16.6 Å². The first-order valence-electron chi connectivity index (χ1n) is 6.92. The summed E-state index contributed by atoms with van der Waals surface area (Å²) in [7, 11) is 1.62. The lowest BCUT2D eigenvalue weighted by atomic mass is 10.2. The molecule has 1 aliphatic heterocycles. The van der Waals surface area contributed by atoms with E-state index < -0.39 is 0 Å². The van der Waals surface area contributed by atoms with E-state index >= 15 is 0 Å². The highest BCUT2D eigenvalue weighted by atomic mass is 35.5. The topological polar surface area (TPSA) is 74.3 Å². The number of anilines is 2. The van der Waals surface area contributed by atoms with Gasteiger partial charge in [0.05, 0.1) is 25.2 Å². The number of nitrogens with zero attached hydrogens (tertiary/aromatic N) is 4. The molecule has 2 aromatic heterocycles. The second-order valence-corrected chi connectivity index (χ2v) is 5.31. The Morgan fingerprint density at radius 3 is 2.55 bits per heavy atom. The van der Waals surface area contributed by atoms with Gasteiger partial charge in [-0.2, -0.15) is 5.10 Å². The summed E-state index contributed by atoms with van der Waals surface area (Å²) in [6.45, 7) is 3.09. The van der Waals surface area contributed by atoms with E-state index in [1.54, 1.807) is 19.5 Å². The number of ether oxygens (including phenoxy) is 1. The lowest BCUT2D eigenvalue weighted by Crippen LogP contribution is -2.47. The lowest BCUT2D eigenvalue weighted by molar-refractivity contribution is 0.413. The first-order chi connectivity index (χ1) is 10.7. The standard InChI is InChI=1S/C14H16ClN5O2/c1-22-10-2-3-12(16-8-10)20-6-4-19(5-7-20)11-9-17-18-14(21)13(11)15/h2-3,8-9H,4-7H2,1H3,(H,18,21). The van der Waals surface area contributed by atoms with E-state index in [4.69, 9.17) is 16.3 Å². The molecule has 0 unspecified atom stereocenters. The van der Waals surface area contributed by atoms with Crippen molar-refractivity contribution in [2.45, 2.75) is 0 Å². The normalized spacial score (nSPS) is 15.0. The Kier molecular flexibility index (Phi) is 4.15. The molecule has 3 heterocycles. The molecule has 0 spiro atoms. The summed E-state index contributed by atoms with van der Waals surface area (Å²) < 4.78 is 5.11. The van der Waals surface area contributed by atoms with E-state index in [0.717, 1.165) is 37.7 Å². The Morgan fingerprint density at radius 1 is 1.18 bits per heavy atom. The molecule has 1 aliphatic rings. The minimum absolute atomic E-state index is 0.186.